The summed E-state index contributed by atoms with van der Waals surface area (Å²) in [6, 6.07) is 2.19. The van der Waals surface area contributed by atoms with Gasteiger partial charge in [-0.1, -0.05) is 18.0 Å². The molecule has 1 aliphatic rings. The lowest BCUT2D eigenvalue weighted by atomic mass is 10.2. The first-order chi connectivity index (χ1) is 6.83. The van der Waals surface area contributed by atoms with Crippen molar-refractivity contribution in [2.75, 3.05) is 0 Å². The van der Waals surface area contributed by atoms with Gasteiger partial charge in [0.25, 0.3) is 0 Å². The van der Waals surface area contributed by atoms with E-state index in [1.54, 1.807) is 12.3 Å². The lowest BCUT2D eigenvalue weighted by Crippen LogP contribution is -2.21. The maximum absolute atomic E-state index is 8.60. The van der Waals surface area contributed by atoms with Crippen LogP contribution in [0.1, 0.15) is 37.4 Å². The molecule has 0 aliphatic heterocycles. The van der Waals surface area contributed by atoms with E-state index in [-0.39, 0.29) is 5.84 Å². The molecule has 5 heteroatoms. The maximum Gasteiger partial charge on any atom is 0.188 e. The van der Waals surface area contributed by atoms with Crippen LogP contribution in [0.25, 0.3) is 0 Å². The average Bonchev–Trinajstić information content (AvgIpc) is 2.85. The second-order valence-corrected chi connectivity index (χ2v) is 3.58. The molecule has 0 atom stereocenters. The van der Waals surface area contributed by atoms with E-state index in [1.807, 2.05) is 4.68 Å². The van der Waals surface area contributed by atoms with Crippen molar-refractivity contribution in [3.8, 4) is 0 Å². The maximum atomic E-state index is 8.60. The van der Waals surface area contributed by atoms with Crippen LogP contribution in [0.4, 0.5) is 0 Å². The van der Waals surface area contributed by atoms with Crippen molar-refractivity contribution in [1.82, 2.24) is 9.78 Å². The number of nitrogens with two attached hydrogens (primary N) is 1. The molecular formula is C9H14N4O. The Morgan fingerprint density at radius 1 is 1.57 bits per heavy atom. The van der Waals surface area contributed by atoms with E-state index in [2.05, 4.69) is 10.3 Å². The summed E-state index contributed by atoms with van der Waals surface area (Å²) in [4.78, 5) is 0. The molecule has 1 saturated carbocycles. The summed E-state index contributed by atoms with van der Waals surface area (Å²) >= 11 is 0. The lowest BCUT2D eigenvalue weighted by molar-refractivity contribution is 0.317. The highest BCUT2D eigenvalue weighted by molar-refractivity contribution is 5.95. The van der Waals surface area contributed by atoms with Crippen molar-refractivity contribution in [1.29, 1.82) is 0 Å². The standard InChI is InChI=1S/C9H14N4O/c10-9(12-14)8-5-6-11-13(8)7-3-1-2-4-7/h5-7,14H,1-4H2,(H2,10,12). The molecule has 1 aliphatic carbocycles. The fourth-order valence-electron chi connectivity index (χ4n) is 2.01. The van der Waals surface area contributed by atoms with Gasteiger partial charge in [-0.3, -0.25) is 4.68 Å². The van der Waals surface area contributed by atoms with Gasteiger partial charge in [0, 0.05) is 6.20 Å². The summed E-state index contributed by atoms with van der Waals surface area (Å²) in [6.07, 6.45) is 6.42. The largest absolute Gasteiger partial charge is 0.409 e. The minimum atomic E-state index is 0.134. The van der Waals surface area contributed by atoms with Gasteiger partial charge < -0.3 is 10.9 Å². The third kappa shape index (κ3) is 1.45. The molecule has 0 spiro atoms. The van der Waals surface area contributed by atoms with Gasteiger partial charge in [0.15, 0.2) is 5.84 Å². The predicted molar refractivity (Wildman–Crippen MR) is 52.2 cm³/mol. The molecule has 76 valence electrons. The molecule has 1 aromatic rings. The van der Waals surface area contributed by atoms with Crippen molar-refractivity contribution in [3.05, 3.63) is 18.0 Å². The molecule has 3 N–H and O–H groups in total. The van der Waals surface area contributed by atoms with Crippen LogP contribution in [0.3, 0.4) is 0 Å². The van der Waals surface area contributed by atoms with Crippen molar-refractivity contribution in [3.63, 3.8) is 0 Å². The number of nitrogens with zero attached hydrogens (tertiary/aromatic N) is 3. The predicted octanol–water partition coefficient (Wildman–Crippen LogP) is 1.09. The summed E-state index contributed by atoms with van der Waals surface area (Å²) in [7, 11) is 0. The number of rotatable bonds is 2. The number of amidine groups is 1. The van der Waals surface area contributed by atoms with Gasteiger partial charge in [-0.25, -0.2) is 0 Å². The Morgan fingerprint density at radius 2 is 2.29 bits per heavy atom. The van der Waals surface area contributed by atoms with E-state index in [0.717, 1.165) is 12.8 Å². The molecule has 0 bridgehead atoms. The van der Waals surface area contributed by atoms with E-state index >= 15 is 0 Å². The lowest BCUT2D eigenvalue weighted by Gasteiger charge is -2.12. The SMILES string of the molecule is N/C(=N/O)c1ccnn1C1CCCC1. The van der Waals surface area contributed by atoms with E-state index in [0.29, 0.717) is 11.7 Å². The molecule has 0 aromatic carbocycles. The smallest absolute Gasteiger partial charge is 0.188 e. The molecule has 2 rings (SSSR count). The van der Waals surface area contributed by atoms with Crippen molar-refractivity contribution in [2.24, 2.45) is 10.9 Å². The Kier molecular flexibility index (Phi) is 2.39. The van der Waals surface area contributed by atoms with Crippen LogP contribution >= 0.6 is 0 Å². The summed E-state index contributed by atoms with van der Waals surface area (Å²) in [5, 5.41) is 15.8. The topological polar surface area (TPSA) is 76.4 Å². The highest BCUT2D eigenvalue weighted by Gasteiger charge is 2.20. The molecule has 0 saturated heterocycles. The van der Waals surface area contributed by atoms with Crippen molar-refractivity contribution >= 4 is 5.84 Å². The van der Waals surface area contributed by atoms with Gasteiger partial charge in [0.1, 0.15) is 5.69 Å². The second kappa shape index (κ2) is 3.69. The molecule has 1 aromatic heterocycles. The first-order valence-electron chi connectivity index (χ1n) is 4.84. The fourth-order valence-corrected chi connectivity index (χ4v) is 2.01. The quantitative estimate of drug-likeness (QED) is 0.320. The molecular weight excluding hydrogens is 180 g/mol. The molecule has 0 unspecified atom stereocenters. The molecule has 5 nitrogen and oxygen atoms in total. The second-order valence-electron chi connectivity index (χ2n) is 3.58. The van der Waals surface area contributed by atoms with Crippen LogP contribution in [0, 0.1) is 0 Å². The first-order valence-corrected chi connectivity index (χ1v) is 4.84. The van der Waals surface area contributed by atoms with Crippen molar-refractivity contribution in [2.45, 2.75) is 31.7 Å². The summed E-state index contributed by atoms with van der Waals surface area (Å²) in [5.74, 6) is 0.134. The highest BCUT2D eigenvalue weighted by atomic mass is 16.4. The first kappa shape index (κ1) is 9.05. The molecule has 0 amide bonds. The minimum Gasteiger partial charge on any atom is -0.409 e. The molecule has 1 heterocycles. The highest BCUT2D eigenvalue weighted by Crippen LogP contribution is 2.29. The Hall–Kier alpha value is -1.52. The monoisotopic (exact) mass is 194 g/mol. The van der Waals surface area contributed by atoms with Crippen LogP contribution in [0.5, 0.6) is 0 Å². The van der Waals surface area contributed by atoms with Crippen LogP contribution in [0.2, 0.25) is 0 Å². The van der Waals surface area contributed by atoms with Crippen LogP contribution < -0.4 is 5.73 Å². The van der Waals surface area contributed by atoms with Gasteiger partial charge in [-0.05, 0) is 18.9 Å². The molecule has 1 fully saturated rings. The van der Waals surface area contributed by atoms with Gasteiger partial charge in [0.05, 0.1) is 6.04 Å². The van der Waals surface area contributed by atoms with Gasteiger partial charge in [0.2, 0.25) is 0 Å². The van der Waals surface area contributed by atoms with Gasteiger partial charge in [-0.2, -0.15) is 5.10 Å². The van der Waals surface area contributed by atoms with E-state index in [9.17, 15) is 0 Å². The van der Waals surface area contributed by atoms with E-state index in [1.165, 1.54) is 12.8 Å². The third-order valence-corrected chi connectivity index (χ3v) is 2.71. The normalized spacial score (nSPS) is 19.0. The Morgan fingerprint density at radius 3 is 2.93 bits per heavy atom. The fraction of sp³-hybridized carbons (Fsp3) is 0.556. The van der Waals surface area contributed by atoms with Gasteiger partial charge in [-0.15, -0.1) is 0 Å². The van der Waals surface area contributed by atoms with Crippen molar-refractivity contribution < 1.29 is 5.21 Å². The summed E-state index contributed by atoms with van der Waals surface area (Å²) in [6.45, 7) is 0. The zero-order valence-corrected chi connectivity index (χ0v) is 7.93. The molecule has 0 radical (unpaired) electrons. The molecule has 14 heavy (non-hydrogen) atoms. The average molecular weight is 194 g/mol. The Labute approximate surface area is 82.2 Å². The van der Waals surface area contributed by atoms with E-state index < -0.39 is 0 Å². The zero-order valence-electron chi connectivity index (χ0n) is 7.93. The van der Waals surface area contributed by atoms with Crippen LogP contribution in [-0.4, -0.2) is 20.8 Å². The van der Waals surface area contributed by atoms with Crippen LogP contribution in [0.15, 0.2) is 17.4 Å². The minimum absolute atomic E-state index is 0.134. The number of hydrogen-bond donors (Lipinski definition) is 2. The number of oxime groups is 1. The summed E-state index contributed by atoms with van der Waals surface area (Å²) in [5.41, 5.74) is 6.25. The Bertz CT molecular complexity index is 338. The van der Waals surface area contributed by atoms with Gasteiger partial charge >= 0.3 is 0 Å². The van der Waals surface area contributed by atoms with E-state index in [4.69, 9.17) is 10.9 Å². The number of hydrogen-bond acceptors (Lipinski definition) is 3. The summed E-state index contributed by atoms with van der Waals surface area (Å²) < 4.78 is 1.86. The third-order valence-electron chi connectivity index (χ3n) is 2.71. The zero-order chi connectivity index (χ0) is 9.97. The van der Waals surface area contributed by atoms with Crippen LogP contribution in [-0.2, 0) is 0 Å². The Balaban J connectivity index is 2.29. The number of aromatic nitrogens is 2.